The van der Waals surface area contributed by atoms with Gasteiger partial charge in [0, 0.05) is 11.3 Å². The van der Waals surface area contributed by atoms with Crippen LogP contribution in [-0.4, -0.2) is 50.4 Å². The van der Waals surface area contributed by atoms with E-state index in [0.29, 0.717) is 46.2 Å². The normalized spacial score (nSPS) is 11.2. The fourth-order valence-electron chi connectivity index (χ4n) is 5.28. The van der Waals surface area contributed by atoms with Crippen LogP contribution in [0.1, 0.15) is 77.8 Å². The number of carbonyl (C=O) groups is 4. The van der Waals surface area contributed by atoms with Crippen molar-refractivity contribution in [2.24, 2.45) is 0 Å². The van der Waals surface area contributed by atoms with Crippen LogP contribution in [0.5, 0.6) is 23.0 Å². The molecule has 10 nitrogen and oxygen atoms in total. The van der Waals surface area contributed by atoms with E-state index in [9.17, 15) is 19.2 Å². The molecule has 0 heterocycles. The van der Waals surface area contributed by atoms with Gasteiger partial charge in [-0.05, 0) is 104 Å². The Morgan fingerprint density at radius 2 is 1.33 bits per heavy atom. The van der Waals surface area contributed by atoms with Crippen molar-refractivity contribution in [3.8, 4) is 23.0 Å². The lowest BCUT2D eigenvalue weighted by Gasteiger charge is -2.17. The minimum Gasteiger partial charge on any atom is -0.497 e. The van der Waals surface area contributed by atoms with Crippen LogP contribution >= 0.6 is 0 Å². The minimum absolute atomic E-state index is 0.184. The number of methoxy groups -OCH3 is 2. The second-order valence-electron chi connectivity index (χ2n) is 12.2. The van der Waals surface area contributed by atoms with E-state index >= 15 is 0 Å². The number of ketones is 1. The maximum atomic E-state index is 13.1. The molecule has 4 rings (SSSR count). The van der Waals surface area contributed by atoms with E-state index in [-0.39, 0.29) is 30.3 Å². The van der Waals surface area contributed by atoms with Gasteiger partial charge in [-0.15, -0.1) is 0 Å². The van der Waals surface area contributed by atoms with Gasteiger partial charge in [-0.3, -0.25) is 14.4 Å². The van der Waals surface area contributed by atoms with Crippen LogP contribution < -0.4 is 29.6 Å². The Kier molecular flexibility index (Phi) is 14.6. The maximum Gasteiger partial charge on any atom is 0.343 e. The Balaban J connectivity index is 1.30. The number of carbonyl (C=O) groups excluding carboxylic acids is 4. The molecule has 0 saturated heterocycles. The molecule has 0 aromatic heterocycles. The minimum atomic E-state index is -0.823. The molecular formula is C41H46N2O8. The Morgan fingerprint density at radius 3 is 1.98 bits per heavy atom. The number of ether oxygens (including phenoxy) is 4. The van der Waals surface area contributed by atoms with Crippen molar-refractivity contribution < 1.29 is 38.1 Å². The van der Waals surface area contributed by atoms with Crippen molar-refractivity contribution in [1.29, 1.82) is 0 Å². The quantitative estimate of drug-likeness (QED) is 0.0591. The monoisotopic (exact) mass is 694 g/mol. The SMILES string of the molecule is CCCCCCCOc1ccc(C(=O)Oc2ccc(CC(NC(=O)c3ccc(NC(=O)Cc4ccc(OC)cc4)cc3)C(C)=O)cc2OC)cc1. The van der Waals surface area contributed by atoms with Gasteiger partial charge in [0.25, 0.3) is 5.91 Å². The number of rotatable bonds is 19. The number of amides is 2. The van der Waals surface area contributed by atoms with Gasteiger partial charge in [-0.1, -0.05) is 50.8 Å². The van der Waals surface area contributed by atoms with Gasteiger partial charge in [-0.2, -0.15) is 0 Å². The fraction of sp³-hybridized carbons (Fsp3) is 0.317. The molecule has 0 spiro atoms. The number of hydrogen-bond donors (Lipinski definition) is 2. The van der Waals surface area contributed by atoms with Crippen LogP contribution in [0.4, 0.5) is 5.69 Å². The summed E-state index contributed by atoms with van der Waals surface area (Å²) < 4.78 is 22.1. The first kappa shape index (κ1) is 38.2. The summed E-state index contributed by atoms with van der Waals surface area (Å²) in [6.45, 7) is 4.22. The average molecular weight is 695 g/mol. The molecule has 0 fully saturated rings. The third-order valence-electron chi connectivity index (χ3n) is 8.23. The van der Waals surface area contributed by atoms with Gasteiger partial charge in [0.15, 0.2) is 17.3 Å². The predicted octanol–water partition coefficient (Wildman–Crippen LogP) is 7.38. The first-order chi connectivity index (χ1) is 24.7. The largest absolute Gasteiger partial charge is 0.497 e. The second-order valence-corrected chi connectivity index (χ2v) is 12.2. The van der Waals surface area contributed by atoms with E-state index in [1.54, 1.807) is 86.0 Å². The van der Waals surface area contributed by atoms with Crippen LogP contribution in [0.3, 0.4) is 0 Å². The molecule has 0 aliphatic rings. The number of nitrogens with one attached hydrogen (secondary N) is 2. The first-order valence-electron chi connectivity index (χ1n) is 17.1. The highest BCUT2D eigenvalue weighted by Gasteiger charge is 2.21. The van der Waals surface area contributed by atoms with Crippen LogP contribution in [0.2, 0.25) is 0 Å². The van der Waals surface area contributed by atoms with Crippen molar-refractivity contribution in [3.05, 3.63) is 113 Å². The van der Waals surface area contributed by atoms with Crippen molar-refractivity contribution in [2.45, 2.75) is 64.8 Å². The molecule has 0 aliphatic heterocycles. The molecule has 0 bridgehead atoms. The Bertz CT molecular complexity index is 1750. The summed E-state index contributed by atoms with van der Waals surface area (Å²) in [7, 11) is 3.04. The third kappa shape index (κ3) is 12.0. The zero-order valence-corrected chi connectivity index (χ0v) is 29.7. The molecule has 1 atom stereocenters. The number of esters is 1. The van der Waals surface area contributed by atoms with Crippen LogP contribution in [0.25, 0.3) is 0 Å². The Hall–Kier alpha value is -5.64. The lowest BCUT2D eigenvalue weighted by atomic mass is 10.0. The fourth-order valence-corrected chi connectivity index (χ4v) is 5.28. The molecule has 4 aromatic carbocycles. The predicted molar refractivity (Wildman–Crippen MR) is 196 cm³/mol. The lowest BCUT2D eigenvalue weighted by molar-refractivity contribution is -0.119. The molecule has 0 saturated carbocycles. The van der Waals surface area contributed by atoms with E-state index in [2.05, 4.69) is 17.6 Å². The van der Waals surface area contributed by atoms with Crippen molar-refractivity contribution in [2.75, 3.05) is 26.1 Å². The number of unbranched alkanes of at least 4 members (excludes halogenated alkanes) is 4. The van der Waals surface area contributed by atoms with Gasteiger partial charge < -0.3 is 29.6 Å². The van der Waals surface area contributed by atoms with E-state index in [1.165, 1.54) is 33.3 Å². The first-order valence-corrected chi connectivity index (χ1v) is 17.1. The van der Waals surface area contributed by atoms with Gasteiger partial charge in [0.05, 0.1) is 38.9 Å². The Morgan fingerprint density at radius 1 is 0.686 bits per heavy atom. The molecule has 10 heteroatoms. The maximum absolute atomic E-state index is 13.1. The number of Topliss-reactive ketones (excluding diaryl/α,β-unsaturated/α-hetero) is 1. The number of benzene rings is 4. The third-order valence-corrected chi connectivity index (χ3v) is 8.23. The zero-order valence-electron chi connectivity index (χ0n) is 29.7. The van der Waals surface area contributed by atoms with E-state index in [4.69, 9.17) is 18.9 Å². The Labute approximate surface area is 299 Å². The molecule has 0 radical (unpaired) electrons. The highest BCUT2D eigenvalue weighted by atomic mass is 16.6. The van der Waals surface area contributed by atoms with Crippen molar-refractivity contribution in [3.63, 3.8) is 0 Å². The van der Waals surface area contributed by atoms with E-state index in [0.717, 1.165) is 18.4 Å². The summed E-state index contributed by atoms with van der Waals surface area (Å²) in [6, 6.07) is 24.6. The standard InChI is InChI=1S/C41H46N2O8/c1-5-6-7-8-9-24-50-35-21-15-32(16-22-35)41(47)51-37-23-12-30(26-38(37)49-4)25-36(28(2)44)43-40(46)31-13-17-33(18-14-31)42-39(45)27-29-10-19-34(48-3)20-11-29/h10-23,26,36H,5-9,24-25,27H2,1-4H3,(H,42,45)(H,43,46). The number of hydrogen-bond acceptors (Lipinski definition) is 8. The van der Waals surface area contributed by atoms with Crippen molar-refractivity contribution in [1.82, 2.24) is 5.32 Å². The molecule has 2 amide bonds. The highest BCUT2D eigenvalue weighted by molar-refractivity contribution is 5.98. The summed E-state index contributed by atoms with van der Waals surface area (Å²) in [5, 5.41) is 5.62. The average Bonchev–Trinajstić information content (AvgIpc) is 3.14. The lowest BCUT2D eigenvalue weighted by Crippen LogP contribution is -2.41. The topological polar surface area (TPSA) is 129 Å². The summed E-state index contributed by atoms with van der Waals surface area (Å²) >= 11 is 0. The molecule has 0 aliphatic carbocycles. The molecule has 51 heavy (non-hydrogen) atoms. The summed E-state index contributed by atoms with van der Waals surface area (Å²) in [5.41, 5.74) is 2.76. The molecule has 1 unspecified atom stereocenters. The summed E-state index contributed by atoms with van der Waals surface area (Å²) in [6.07, 6.45) is 6.13. The molecule has 2 N–H and O–H groups in total. The zero-order chi connectivity index (χ0) is 36.6. The smallest absolute Gasteiger partial charge is 0.343 e. The van der Waals surface area contributed by atoms with E-state index < -0.39 is 17.9 Å². The van der Waals surface area contributed by atoms with Crippen LogP contribution in [0.15, 0.2) is 91.0 Å². The summed E-state index contributed by atoms with van der Waals surface area (Å²) in [5.74, 6) is 0.509. The van der Waals surface area contributed by atoms with Gasteiger partial charge in [0.2, 0.25) is 5.91 Å². The summed E-state index contributed by atoms with van der Waals surface area (Å²) in [4.78, 5) is 51.0. The highest BCUT2D eigenvalue weighted by Crippen LogP contribution is 2.30. The van der Waals surface area contributed by atoms with Crippen molar-refractivity contribution >= 4 is 29.3 Å². The second kappa shape index (κ2) is 19.5. The van der Waals surface area contributed by atoms with Gasteiger partial charge >= 0.3 is 5.97 Å². The molecule has 4 aromatic rings. The van der Waals surface area contributed by atoms with Gasteiger partial charge in [0.1, 0.15) is 11.5 Å². The van der Waals surface area contributed by atoms with Crippen LogP contribution in [-0.2, 0) is 22.4 Å². The number of anilines is 1. The van der Waals surface area contributed by atoms with Gasteiger partial charge in [-0.25, -0.2) is 4.79 Å². The molecule has 268 valence electrons. The van der Waals surface area contributed by atoms with Crippen LogP contribution in [0, 0.1) is 0 Å². The van der Waals surface area contributed by atoms with E-state index in [1.807, 2.05) is 12.1 Å². The molecular weight excluding hydrogens is 648 g/mol.